The summed E-state index contributed by atoms with van der Waals surface area (Å²) in [6, 6.07) is 0.911. The number of hydrogen-bond acceptors (Lipinski definition) is 2. The molecule has 0 heterocycles. The molecule has 0 fully saturated rings. The van der Waals surface area contributed by atoms with Crippen molar-refractivity contribution in [2.45, 2.75) is 5.57 Å². The molecular weight excluding hydrogens is 226 g/mol. The predicted octanol–water partition coefficient (Wildman–Crippen LogP) is 2.71. The van der Waals surface area contributed by atoms with Gasteiger partial charge in [-0.15, -0.1) is 8.78 Å². The van der Waals surface area contributed by atoms with Gasteiger partial charge in [-0.25, -0.2) is 8.78 Å². The van der Waals surface area contributed by atoms with Gasteiger partial charge in [-0.05, 0) is 0 Å². The molecule has 2 N–H and O–H groups in total. The quantitative estimate of drug-likeness (QED) is 0.481. The summed E-state index contributed by atoms with van der Waals surface area (Å²) < 4.78 is 53.1. The highest BCUT2D eigenvalue weighted by Crippen LogP contribution is 2.29. The molecule has 78 valence electrons. The van der Waals surface area contributed by atoms with Crippen LogP contribution in [0.4, 0.5) is 23.2 Å². The molecular formula is C7H4ClF4NO. The zero-order chi connectivity index (χ0) is 10.9. The standard InChI is InChI=1S/C7H4ClF4NO/c8-7(11,12)14-6-2-5(13)3(9)1-4(6)10/h1-2H,13H2. The van der Waals surface area contributed by atoms with Crippen LogP contribution in [0.2, 0.25) is 0 Å². The molecule has 0 radical (unpaired) electrons. The van der Waals surface area contributed by atoms with Crippen LogP contribution in [0.25, 0.3) is 0 Å². The number of rotatable bonds is 2. The maximum absolute atomic E-state index is 12.7. The fourth-order valence-corrected chi connectivity index (χ4v) is 0.831. The van der Waals surface area contributed by atoms with Crippen molar-refractivity contribution in [3.8, 4) is 5.75 Å². The van der Waals surface area contributed by atoms with Crippen LogP contribution >= 0.6 is 11.6 Å². The molecule has 0 aliphatic heterocycles. The minimum atomic E-state index is -4.06. The highest BCUT2D eigenvalue weighted by Gasteiger charge is 2.29. The zero-order valence-electron chi connectivity index (χ0n) is 6.53. The highest BCUT2D eigenvalue weighted by atomic mass is 35.5. The molecule has 2 nitrogen and oxygen atoms in total. The lowest BCUT2D eigenvalue weighted by molar-refractivity contribution is -0.0984. The first-order valence-corrected chi connectivity index (χ1v) is 3.67. The number of hydrogen-bond donors (Lipinski definition) is 1. The number of halogens is 5. The largest absolute Gasteiger partial charge is 0.487 e. The SMILES string of the molecule is Nc1cc(OC(F)(F)Cl)c(F)cc1F. The average Bonchev–Trinajstić information content (AvgIpc) is 1.97. The number of anilines is 1. The molecule has 1 aromatic rings. The number of benzene rings is 1. The summed E-state index contributed by atoms with van der Waals surface area (Å²) in [4.78, 5) is 0. The van der Waals surface area contributed by atoms with Gasteiger partial charge in [0.15, 0.2) is 11.6 Å². The van der Waals surface area contributed by atoms with Crippen molar-refractivity contribution in [1.82, 2.24) is 0 Å². The molecule has 0 aliphatic rings. The Bertz CT molecular complexity index is 352. The Kier molecular flexibility index (Phi) is 2.75. The molecule has 0 aliphatic carbocycles. The predicted molar refractivity (Wildman–Crippen MR) is 42.2 cm³/mol. The van der Waals surface area contributed by atoms with Gasteiger partial charge in [-0.3, -0.25) is 0 Å². The van der Waals surface area contributed by atoms with Crippen LogP contribution in [0.3, 0.4) is 0 Å². The Morgan fingerprint density at radius 3 is 2.29 bits per heavy atom. The normalized spacial score (nSPS) is 11.5. The van der Waals surface area contributed by atoms with Crippen molar-refractivity contribution in [2.75, 3.05) is 5.73 Å². The fraction of sp³-hybridized carbons (Fsp3) is 0.143. The van der Waals surface area contributed by atoms with E-state index in [1.54, 1.807) is 0 Å². The van der Waals surface area contributed by atoms with E-state index >= 15 is 0 Å². The number of nitrogens with two attached hydrogens (primary N) is 1. The van der Waals surface area contributed by atoms with Gasteiger partial charge in [0.2, 0.25) is 0 Å². The Morgan fingerprint density at radius 1 is 1.21 bits per heavy atom. The van der Waals surface area contributed by atoms with Crippen molar-refractivity contribution in [3.05, 3.63) is 23.8 Å². The Balaban J connectivity index is 3.04. The van der Waals surface area contributed by atoms with Crippen molar-refractivity contribution in [3.63, 3.8) is 0 Å². The van der Waals surface area contributed by atoms with Gasteiger partial charge in [0.05, 0.1) is 5.69 Å². The van der Waals surface area contributed by atoms with E-state index in [9.17, 15) is 17.6 Å². The molecule has 0 unspecified atom stereocenters. The van der Waals surface area contributed by atoms with E-state index in [2.05, 4.69) is 16.3 Å². The van der Waals surface area contributed by atoms with Gasteiger partial charge >= 0.3 is 5.57 Å². The average molecular weight is 230 g/mol. The molecule has 0 saturated carbocycles. The maximum atomic E-state index is 12.7. The zero-order valence-corrected chi connectivity index (χ0v) is 7.29. The molecule has 0 saturated heterocycles. The van der Waals surface area contributed by atoms with E-state index in [4.69, 9.17) is 5.73 Å². The summed E-state index contributed by atoms with van der Waals surface area (Å²) >= 11 is 4.38. The topological polar surface area (TPSA) is 35.2 Å². The van der Waals surface area contributed by atoms with Crippen LogP contribution in [0.1, 0.15) is 0 Å². The third-order valence-corrected chi connectivity index (χ3v) is 1.35. The highest BCUT2D eigenvalue weighted by molar-refractivity contribution is 6.20. The van der Waals surface area contributed by atoms with E-state index in [1.807, 2.05) is 0 Å². The Morgan fingerprint density at radius 2 is 1.79 bits per heavy atom. The van der Waals surface area contributed by atoms with Gasteiger partial charge < -0.3 is 10.5 Å². The summed E-state index contributed by atoms with van der Waals surface area (Å²) in [5, 5.41) is 0. The van der Waals surface area contributed by atoms with E-state index in [0.717, 1.165) is 0 Å². The first-order chi connectivity index (χ1) is 6.29. The van der Waals surface area contributed by atoms with E-state index in [0.29, 0.717) is 12.1 Å². The minimum absolute atomic E-state index is 0.327. The second kappa shape index (κ2) is 3.53. The number of alkyl halides is 3. The molecule has 0 atom stereocenters. The van der Waals surface area contributed by atoms with Crippen LogP contribution in [0.5, 0.6) is 5.75 Å². The summed E-state index contributed by atoms with van der Waals surface area (Å²) in [7, 11) is 0. The minimum Gasteiger partial charge on any atom is -0.417 e. The summed E-state index contributed by atoms with van der Waals surface area (Å²) in [6.45, 7) is 0. The number of ether oxygens (including phenoxy) is 1. The molecule has 1 rings (SSSR count). The van der Waals surface area contributed by atoms with Gasteiger partial charge in [0.25, 0.3) is 0 Å². The van der Waals surface area contributed by atoms with Crippen LogP contribution in [-0.2, 0) is 0 Å². The third-order valence-electron chi connectivity index (χ3n) is 1.28. The van der Waals surface area contributed by atoms with Gasteiger partial charge in [-0.2, -0.15) is 0 Å². The second-order valence-electron chi connectivity index (χ2n) is 2.35. The second-order valence-corrected chi connectivity index (χ2v) is 2.79. The van der Waals surface area contributed by atoms with Crippen LogP contribution in [0, 0.1) is 11.6 Å². The fourth-order valence-electron chi connectivity index (χ4n) is 0.748. The summed E-state index contributed by atoms with van der Waals surface area (Å²) in [5.41, 5.74) is 0.423. The van der Waals surface area contributed by atoms with Crippen molar-refractivity contribution in [2.24, 2.45) is 0 Å². The molecule has 1 aromatic carbocycles. The van der Waals surface area contributed by atoms with E-state index in [1.165, 1.54) is 0 Å². The molecule has 0 amide bonds. The lowest BCUT2D eigenvalue weighted by atomic mass is 10.3. The number of nitrogen functional groups attached to an aromatic ring is 1. The van der Waals surface area contributed by atoms with Crippen LogP contribution in [0.15, 0.2) is 12.1 Å². The Labute approximate surface area is 81.2 Å². The van der Waals surface area contributed by atoms with Crippen molar-refractivity contribution < 1.29 is 22.3 Å². The van der Waals surface area contributed by atoms with E-state index in [-0.39, 0.29) is 0 Å². The molecule has 0 spiro atoms. The lowest BCUT2D eigenvalue weighted by Crippen LogP contribution is -2.16. The summed E-state index contributed by atoms with van der Waals surface area (Å²) in [5.74, 6) is -3.28. The van der Waals surface area contributed by atoms with E-state index < -0.39 is 28.6 Å². The molecule has 0 bridgehead atoms. The van der Waals surface area contributed by atoms with Crippen molar-refractivity contribution in [1.29, 1.82) is 0 Å². The molecule has 7 heteroatoms. The van der Waals surface area contributed by atoms with Crippen molar-refractivity contribution >= 4 is 17.3 Å². The van der Waals surface area contributed by atoms with Crippen LogP contribution < -0.4 is 10.5 Å². The van der Waals surface area contributed by atoms with Gasteiger partial charge in [0.1, 0.15) is 5.82 Å². The third kappa shape index (κ3) is 2.66. The summed E-state index contributed by atoms with van der Waals surface area (Å²) in [6.07, 6.45) is 0. The molecule has 0 aromatic heterocycles. The first-order valence-electron chi connectivity index (χ1n) is 3.30. The van der Waals surface area contributed by atoms with Gasteiger partial charge in [0, 0.05) is 23.7 Å². The van der Waals surface area contributed by atoms with Gasteiger partial charge in [-0.1, -0.05) is 0 Å². The maximum Gasteiger partial charge on any atom is 0.487 e. The molecule has 14 heavy (non-hydrogen) atoms. The first kappa shape index (κ1) is 10.9. The lowest BCUT2D eigenvalue weighted by Gasteiger charge is -2.11. The smallest absolute Gasteiger partial charge is 0.417 e. The Hall–Kier alpha value is -1.17. The van der Waals surface area contributed by atoms with Crippen LogP contribution in [-0.4, -0.2) is 5.57 Å². The monoisotopic (exact) mass is 229 g/mol.